The summed E-state index contributed by atoms with van der Waals surface area (Å²) in [5, 5.41) is 6.24. The molecule has 0 aromatic heterocycles. The molecule has 4 amide bonds. The maximum atomic E-state index is 13.9. The first kappa shape index (κ1) is 39.2. The van der Waals surface area contributed by atoms with Gasteiger partial charge in [-0.15, -0.1) is 0 Å². The topological polar surface area (TPSA) is 97.5 Å². The van der Waals surface area contributed by atoms with Crippen LogP contribution in [0.5, 0.6) is 0 Å². The van der Waals surface area contributed by atoms with E-state index in [1.54, 1.807) is 4.90 Å². The first-order chi connectivity index (χ1) is 24.3. The van der Waals surface area contributed by atoms with Gasteiger partial charge in [0.1, 0.15) is 0 Å². The second kappa shape index (κ2) is 16.3. The number of fused-ring (bicyclic) bond motifs is 1. The fraction of sp³-hybridized carbons (Fsp3) is 0.583. The molecule has 0 saturated carbocycles. The molecule has 0 bridgehead atoms. The number of carbonyl (C=O) groups excluding carboxylic acids is 3. The Bertz CT molecular complexity index is 1530. The van der Waals surface area contributed by atoms with Crippen LogP contribution in [0.25, 0.3) is 0 Å². The number of piperidine rings is 2. The maximum absolute atomic E-state index is 13.9. The quantitative estimate of drug-likeness (QED) is 0.361. The van der Waals surface area contributed by atoms with E-state index in [0.29, 0.717) is 63.9 Å². The maximum Gasteiger partial charge on any atom is 0.416 e. The number of para-hydroxylation sites is 1. The fourth-order valence-corrected chi connectivity index (χ4v) is 7.53. The van der Waals surface area contributed by atoms with Gasteiger partial charge in [-0.2, -0.15) is 26.3 Å². The third-order valence-electron chi connectivity index (χ3n) is 10.3. The second-order valence-electron chi connectivity index (χ2n) is 13.6. The summed E-state index contributed by atoms with van der Waals surface area (Å²) >= 11 is 0. The van der Waals surface area contributed by atoms with Crippen molar-refractivity contribution < 1.29 is 45.5 Å². The molecule has 3 fully saturated rings. The summed E-state index contributed by atoms with van der Waals surface area (Å²) in [5.41, 5.74) is -1.68. The van der Waals surface area contributed by atoms with Crippen LogP contribution in [0.15, 0.2) is 42.5 Å². The predicted octanol–water partition coefficient (Wildman–Crippen LogP) is 5.86. The molecular weight excluding hydrogens is 694 g/mol. The molecule has 52 heavy (non-hydrogen) atoms. The van der Waals surface area contributed by atoms with Crippen LogP contribution in [0.2, 0.25) is 0 Å². The van der Waals surface area contributed by atoms with Crippen molar-refractivity contribution in [2.24, 2.45) is 0 Å². The Hall–Kier alpha value is -4.05. The van der Waals surface area contributed by atoms with E-state index in [0.717, 1.165) is 37.4 Å². The molecule has 4 heterocycles. The zero-order valence-corrected chi connectivity index (χ0v) is 28.1. The first-order valence-electron chi connectivity index (χ1n) is 17.4. The summed E-state index contributed by atoms with van der Waals surface area (Å²) in [4.78, 5) is 47.4. The molecule has 2 aromatic rings. The van der Waals surface area contributed by atoms with E-state index in [-0.39, 0.29) is 44.7 Å². The number of piperazine rings is 1. The first-order valence-corrected chi connectivity index (χ1v) is 17.4. The third-order valence-corrected chi connectivity index (χ3v) is 10.3. The molecule has 0 aliphatic carbocycles. The third kappa shape index (κ3) is 9.29. The normalized spacial score (nSPS) is 20.3. The van der Waals surface area contributed by atoms with E-state index in [9.17, 15) is 40.7 Å². The van der Waals surface area contributed by atoms with E-state index < -0.39 is 53.6 Å². The van der Waals surface area contributed by atoms with Crippen LogP contribution in [-0.4, -0.2) is 115 Å². The minimum atomic E-state index is -5.07. The zero-order chi connectivity index (χ0) is 36.3. The summed E-state index contributed by atoms with van der Waals surface area (Å²) in [5.74, 6) is -0.663. The van der Waals surface area contributed by atoms with Gasteiger partial charge >= 0.3 is 24.5 Å². The van der Waals surface area contributed by atoms with Gasteiger partial charge in [-0.25, -0.2) is 9.59 Å². The van der Waals surface area contributed by atoms with Gasteiger partial charge in [-0.1, -0.05) is 25.6 Å². The van der Waals surface area contributed by atoms with E-state index in [2.05, 4.69) is 15.5 Å². The molecule has 0 radical (unpaired) electrons. The Labute approximate surface area is 299 Å². The lowest BCUT2D eigenvalue weighted by molar-refractivity contribution is -0.143. The highest BCUT2D eigenvalue weighted by atomic mass is 19.4. The molecule has 2 aromatic carbocycles. The number of rotatable bonds is 6. The van der Waals surface area contributed by atoms with Crippen LogP contribution in [-0.2, 0) is 34.7 Å². The van der Waals surface area contributed by atoms with Crippen LogP contribution >= 0.6 is 0 Å². The molecule has 1 atom stereocenters. The minimum absolute atomic E-state index is 0. The number of nitrogens with zero attached hydrogens (tertiary/aromatic N) is 4. The van der Waals surface area contributed by atoms with Gasteiger partial charge in [-0.05, 0) is 67.5 Å². The lowest BCUT2D eigenvalue weighted by Crippen LogP contribution is -2.54. The monoisotopic (exact) mass is 740 g/mol. The number of benzene rings is 2. The summed E-state index contributed by atoms with van der Waals surface area (Å²) in [6, 6.07) is 8.51. The van der Waals surface area contributed by atoms with E-state index in [1.165, 1.54) is 9.80 Å². The number of hydrogen-bond donors (Lipinski definition) is 2. The Morgan fingerprint density at radius 2 is 1.37 bits per heavy atom. The minimum Gasteiger partial charge on any atom is -0.436 e. The summed E-state index contributed by atoms with van der Waals surface area (Å²) < 4.78 is 87.8. The van der Waals surface area contributed by atoms with Gasteiger partial charge in [0.2, 0.25) is 0 Å². The highest BCUT2D eigenvalue weighted by molar-refractivity contribution is 5.91. The largest absolute Gasteiger partial charge is 0.436 e. The lowest BCUT2D eigenvalue weighted by atomic mass is 9.98. The molecular formula is C36H46F6N6O4. The molecule has 4 aliphatic heterocycles. The Balaban J connectivity index is 0.00000523. The number of alkyl halides is 6. The van der Waals surface area contributed by atoms with E-state index in [1.807, 2.05) is 24.3 Å². The highest BCUT2D eigenvalue weighted by Crippen LogP contribution is 2.37. The van der Waals surface area contributed by atoms with Crippen molar-refractivity contribution in [1.29, 1.82) is 0 Å². The highest BCUT2D eigenvalue weighted by Gasteiger charge is 2.40. The van der Waals surface area contributed by atoms with E-state index in [4.69, 9.17) is 4.74 Å². The van der Waals surface area contributed by atoms with Crippen LogP contribution in [0.4, 0.5) is 41.6 Å². The van der Waals surface area contributed by atoms with Crippen molar-refractivity contribution in [2.75, 3.05) is 64.2 Å². The Morgan fingerprint density at radius 1 is 0.788 bits per heavy atom. The molecule has 0 unspecified atom stereocenters. The predicted molar refractivity (Wildman–Crippen MR) is 182 cm³/mol. The number of carbonyl (C=O) groups is 3. The fourth-order valence-electron chi connectivity index (χ4n) is 7.53. The average Bonchev–Trinajstić information content (AvgIpc) is 3.28. The number of amides is 4. The zero-order valence-electron chi connectivity index (χ0n) is 28.1. The van der Waals surface area contributed by atoms with Crippen molar-refractivity contribution in [3.63, 3.8) is 0 Å². The number of halogens is 6. The van der Waals surface area contributed by atoms with Crippen LogP contribution in [0, 0.1) is 0 Å². The van der Waals surface area contributed by atoms with Gasteiger partial charge < -0.3 is 30.1 Å². The molecule has 6 rings (SSSR count). The summed E-state index contributed by atoms with van der Waals surface area (Å²) in [6.45, 7) is 4.89. The number of urea groups is 1. The van der Waals surface area contributed by atoms with Crippen LogP contribution in [0.1, 0.15) is 55.4 Å². The summed E-state index contributed by atoms with van der Waals surface area (Å²) in [7, 11) is 0. The molecule has 286 valence electrons. The Morgan fingerprint density at radius 3 is 1.98 bits per heavy atom. The SMILES string of the molecule is C.O=C(O[C@H](Cc1cc(C(F)(F)F)cc(C(F)(F)F)c1)C(=O)N1CCC(N2CCNCC2)CC1)N1CCC(N2CCc3ccccc3NC2=O)CC1. The van der Waals surface area contributed by atoms with Crippen LogP contribution < -0.4 is 10.6 Å². The number of anilines is 1. The average molecular weight is 741 g/mol. The van der Waals surface area contributed by atoms with Crippen molar-refractivity contribution in [2.45, 2.75) is 76.5 Å². The standard InChI is InChI=1S/C35H42F6N6O4.CH4/c36-34(37,38)25-19-23(20-26(22-25)35(39,40)41)21-30(31(48)45-12-6-27(7-13-45)44-17-10-42-11-18-44)51-33(50)46-14-8-28(9-15-46)47-16-5-24-3-1-2-4-29(24)43-32(47)49;/h1-4,19-20,22,27-28,30,42H,5-18,21H2,(H,43,49);1H4/t30-;/m1./s1. The smallest absolute Gasteiger partial charge is 0.416 e. The number of likely N-dealkylation sites (tertiary alicyclic amines) is 2. The molecule has 16 heteroatoms. The van der Waals surface area contributed by atoms with Gasteiger partial charge in [0, 0.05) is 83.1 Å². The molecule has 2 N–H and O–H groups in total. The van der Waals surface area contributed by atoms with Crippen molar-refractivity contribution >= 4 is 23.7 Å². The van der Waals surface area contributed by atoms with Crippen molar-refractivity contribution in [3.05, 3.63) is 64.7 Å². The van der Waals surface area contributed by atoms with E-state index >= 15 is 0 Å². The van der Waals surface area contributed by atoms with Gasteiger partial charge in [0.05, 0.1) is 11.1 Å². The Kier molecular flexibility index (Phi) is 12.3. The van der Waals surface area contributed by atoms with Gasteiger partial charge in [0.15, 0.2) is 6.10 Å². The molecule has 10 nitrogen and oxygen atoms in total. The number of nitrogens with one attached hydrogen (secondary N) is 2. The van der Waals surface area contributed by atoms with Crippen molar-refractivity contribution in [3.8, 4) is 0 Å². The molecule has 0 spiro atoms. The van der Waals surface area contributed by atoms with Crippen LogP contribution in [0.3, 0.4) is 0 Å². The van der Waals surface area contributed by atoms with Crippen molar-refractivity contribution in [1.82, 2.24) is 24.9 Å². The number of ether oxygens (including phenoxy) is 1. The summed E-state index contributed by atoms with van der Waals surface area (Å²) in [6.07, 6.45) is -10.6. The second-order valence-corrected chi connectivity index (χ2v) is 13.6. The van der Waals surface area contributed by atoms with Gasteiger partial charge in [-0.3, -0.25) is 9.69 Å². The molecule has 3 saturated heterocycles. The number of hydrogen-bond acceptors (Lipinski definition) is 6. The van der Waals surface area contributed by atoms with Gasteiger partial charge in [0.25, 0.3) is 5.91 Å². The molecule has 4 aliphatic rings. The lowest BCUT2D eigenvalue weighted by Gasteiger charge is -2.41.